The number of benzene rings is 2. The number of nitrogens with two attached hydrogens (primary N) is 1. The molecule has 0 radical (unpaired) electrons. The van der Waals surface area contributed by atoms with E-state index in [0.717, 1.165) is 55.0 Å². The number of hydrogen-bond acceptors (Lipinski definition) is 6. The van der Waals surface area contributed by atoms with Crippen molar-refractivity contribution in [3.05, 3.63) is 84.4 Å². The van der Waals surface area contributed by atoms with Crippen LogP contribution in [0.25, 0.3) is 17.0 Å². The number of oxazole rings is 1. The molecule has 8 nitrogen and oxygen atoms in total. The number of amides is 1. The second kappa shape index (κ2) is 9.62. The van der Waals surface area contributed by atoms with E-state index in [0.29, 0.717) is 11.4 Å². The maximum absolute atomic E-state index is 12.9. The normalized spacial score (nSPS) is 16.5. The summed E-state index contributed by atoms with van der Waals surface area (Å²) >= 11 is 0. The molecule has 1 aliphatic rings. The van der Waals surface area contributed by atoms with E-state index in [1.807, 2.05) is 60.2 Å². The van der Waals surface area contributed by atoms with Gasteiger partial charge in [0.25, 0.3) is 5.89 Å². The predicted octanol–water partition coefficient (Wildman–Crippen LogP) is 4.01. The fourth-order valence-electron chi connectivity index (χ4n) is 4.34. The van der Waals surface area contributed by atoms with E-state index in [1.54, 1.807) is 12.5 Å². The number of imidazole rings is 1. The highest BCUT2D eigenvalue weighted by molar-refractivity contribution is 6.01. The topological polar surface area (TPSA) is 102 Å². The number of aryl methyl sites for hydroxylation is 1. The summed E-state index contributed by atoms with van der Waals surface area (Å²) in [5.74, 6) is 0.175. The lowest BCUT2D eigenvalue weighted by Crippen LogP contribution is -2.42. The Bertz CT molecular complexity index is 1280. The van der Waals surface area contributed by atoms with Gasteiger partial charge in [-0.05, 0) is 50.1 Å². The number of carbonyl (C=O) groups excluding carboxylic acids is 1. The summed E-state index contributed by atoms with van der Waals surface area (Å²) < 4.78 is 7.68. The standard InChI is InChI=1S/C26H28N6O2/c1-18-14-32(17-29-18)23-11-19(15-31-9-5-8-21(27)16-31)10-22(12-23)30-25(33)26-28-13-24(34-26)20-6-3-2-4-7-20/h2-4,6-7,10-14,17,21H,5,8-9,15-16,27H2,1H3,(H,30,33)/t21-/m0/s1. The molecular formula is C26H28N6O2. The summed E-state index contributed by atoms with van der Waals surface area (Å²) in [6.45, 7) is 4.59. The second-order valence-corrected chi connectivity index (χ2v) is 8.80. The second-order valence-electron chi connectivity index (χ2n) is 8.80. The van der Waals surface area contributed by atoms with Gasteiger partial charge in [0.05, 0.1) is 18.2 Å². The number of carbonyl (C=O) groups is 1. The van der Waals surface area contributed by atoms with Crippen LogP contribution in [0.15, 0.2) is 71.7 Å². The van der Waals surface area contributed by atoms with Crippen LogP contribution >= 0.6 is 0 Å². The van der Waals surface area contributed by atoms with Crippen molar-refractivity contribution < 1.29 is 9.21 Å². The first kappa shape index (κ1) is 22.1. The van der Waals surface area contributed by atoms with Crippen molar-refractivity contribution in [2.45, 2.75) is 32.4 Å². The van der Waals surface area contributed by atoms with E-state index in [9.17, 15) is 4.79 Å². The van der Waals surface area contributed by atoms with Gasteiger partial charge < -0.3 is 20.0 Å². The number of aromatic nitrogens is 3. The molecule has 1 atom stereocenters. The first-order chi connectivity index (χ1) is 16.5. The number of nitrogens with one attached hydrogen (secondary N) is 1. The van der Waals surface area contributed by atoms with Gasteiger partial charge in [-0.25, -0.2) is 9.97 Å². The zero-order valence-corrected chi connectivity index (χ0v) is 19.1. The van der Waals surface area contributed by atoms with E-state index in [2.05, 4.69) is 26.3 Å². The smallest absolute Gasteiger partial charge is 0.311 e. The molecule has 0 bridgehead atoms. The average molecular weight is 457 g/mol. The Balaban J connectivity index is 1.39. The minimum absolute atomic E-state index is 0.0197. The highest BCUT2D eigenvalue weighted by atomic mass is 16.4. The molecule has 0 unspecified atom stereocenters. The molecule has 1 amide bonds. The third-order valence-electron chi connectivity index (χ3n) is 5.95. The number of likely N-dealkylation sites (tertiary alicyclic amines) is 1. The number of piperidine rings is 1. The molecule has 4 aromatic rings. The molecule has 8 heteroatoms. The van der Waals surface area contributed by atoms with Gasteiger partial charge in [0.2, 0.25) is 0 Å². The van der Waals surface area contributed by atoms with Gasteiger partial charge in [0, 0.05) is 42.3 Å². The van der Waals surface area contributed by atoms with E-state index in [1.165, 1.54) is 0 Å². The molecule has 1 saturated heterocycles. The Kier molecular flexibility index (Phi) is 6.24. The molecule has 3 N–H and O–H groups in total. The SMILES string of the molecule is Cc1cn(-c2cc(CN3CCC[C@H](N)C3)cc(NC(=O)c3ncc(-c4ccccc4)o3)c2)cn1. The van der Waals surface area contributed by atoms with Crippen LogP contribution in [0.4, 0.5) is 5.69 Å². The molecule has 2 aromatic carbocycles. The van der Waals surface area contributed by atoms with Crippen molar-refractivity contribution >= 4 is 11.6 Å². The van der Waals surface area contributed by atoms with Gasteiger partial charge in [0.15, 0.2) is 5.76 Å². The lowest BCUT2D eigenvalue weighted by Gasteiger charge is -2.30. The first-order valence-corrected chi connectivity index (χ1v) is 11.5. The largest absolute Gasteiger partial charge is 0.432 e. The molecule has 1 aliphatic heterocycles. The van der Waals surface area contributed by atoms with Crippen molar-refractivity contribution in [2.75, 3.05) is 18.4 Å². The molecule has 3 heterocycles. The van der Waals surface area contributed by atoms with Crippen LogP contribution in [-0.4, -0.2) is 44.5 Å². The van der Waals surface area contributed by atoms with Gasteiger partial charge in [-0.3, -0.25) is 9.69 Å². The Morgan fingerprint density at radius 1 is 1.21 bits per heavy atom. The minimum atomic E-state index is -0.396. The van der Waals surface area contributed by atoms with Gasteiger partial charge >= 0.3 is 5.91 Å². The van der Waals surface area contributed by atoms with E-state index < -0.39 is 5.91 Å². The van der Waals surface area contributed by atoms with Crippen LogP contribution in [0.5, 0.6) is 0 Å². The highest BCUT2D eigenvalue weighted by Gasteiger charge is 2.19. The molecular weight excluding hydrogens is 428 g/mol. The fourth-order valence-corrected chi connectivity index (χ4v) is 4.34. The monoisotopic (exact) mass is 456 g/mol. The van der Waals surface area contributed by atoms with Crippen molar-refractivity contribution in [2.24, 2.45) is 5.73 Å². The summed E-state index contributed by atoms with van der Waals surface area (Å²) in [7, 11) is 0. The van der Waals surface area contributed by atoms with E-state index in [-0.39, 0.29) is 11.9 Å². The quantitative estimate of drug-likeness (QED) is 0.455. The summed E-state index contributed by atoms with van der Waals surface area (Å²) in [5.41, 5.74) is 10.7. The Morgan fingerprint density at radius 2 is 2.06 bits per heavy atom. The van der Waals surface area contributed by atoms with Crippen LogP contribution in [-0.2, 0) is 6.54 Å². The van der Waals surface area contributed by atoms with E-state index in [4.69, 9.17) is 10.2 Å². The number of hydrogen-bond donors (Lipinski definition) is 2. The number of rotatable bonds is 6. The lowest BCUT2D eigenvalue weighted by atomic mass is 10.1. The summed E-state index contributed by atoms with van der Waals surface area (Å²) in [6, 6.07) is 15.8. The Labute approximate surface area is 198 Å². The number of nitrogens with zero attached hydrogens (tertiary/aromatic N) is 4. The van der Waals surface area contributed by atoms with Crippen molar-refractivity contribution in [1.29, 1.82) is 0 Å². The van der Waals surface area contributed by atoms with Crippen LogP contribution in [0.2, 0.25) is 0 Å². The van der Waals surface area contributed by atoms with Gasteiger partial charge in [0.1, 0.15) is 0 Å². The van der Waals surface area contributed by atoms with Crippen LogP contribution in [0.3, 0.4) is 0 Å². The maximum Gasteiger partial charge on any atom is 0.311 e. The van der Waals surface area contributed by atoms with Crippen LogP contribution in [0.1, 0.15) is 34.8 Å². The average Bonchev–Trinajstić information content (AvgIpc) is 3.49. The zero-order chi connectivity index (χ0) is 23.5. The third-order valence-corrected chi connectivity index (χ3v) is 5.95. The van der Waals surface area contributed by atoms with Gasteiger partial charge in [-0.15, -0.1) is 0 Å². The first-order valence-electron chi connectivity index (χ1n) is 11.5. The molecule has 0 saturated carbocycles. The fraction of sp³-hybridized carbons (Fsp3) is 0.269. The zero-order valence-electron chi connectivity index (χ0n) is 19.1. The number of anilines is 1. The van der Waals surface area contributed by atoms with Crippen molar-refractivity contribution in [3.8, 4) is 17.0 Å². The van der Waals surface area contributed by atoms with Gasteiger partial charge in [-0.1, -0.05) is 30.3 Å². The summed E-state index contributed by atoms with van der Waals surface area (Å²) in [6.07, 6.45) is 7.46. The Hall–Kier alpha value is -3.75. The minimum Gasteiger partial charge on any atom is -0.432 e. The highest BCUT2D eigenvalue weighted by Crippen LogP contribution is 2.24. The Morgan fingerprint density at radius 3 is 2.82 bits per heavy atom. The molecule has 0 spiro atoms. The maximum atomic E-state index is 12.9. The van der Waals surface area contributed by atoms with Crippen molar-refractivity contribution in [1.82, 2.24) is 19.4 Å². The third kappa shape index (κ3) is 5.08. The van der Waals surface area contributed by atoms with E-state index >= 15 is 0 Å². The van der Waals surface area contributed by atoms with Gasteiger partial charge in [-0.2, -0.15) is 0 Å². The molecule has 1 fully saturated rings. The van der Waals surface area contributed by atoms with Crippen LogP contribution in [0, 0.1) is 6.92 Å². The molecule has 174 valence electrons. The predicted molar refractivity (Wildman–Crippen MR) is 131 cm³/mol. The molecule has 2 aromatic heterocycles. The molecule has 0 aliphatic carbocycles. The van der Waals surface area contributed by atoms with Crippen LogP contribution < -0.4 is 11.1 Å². The lowest BCUT2D eigenvalue weighted by molar-refractivity contribution is 0.0991. The molecule has 5 rings (SSSR count). The summed E-state index contributed by atoms with van der Waals surface area (Å²) in [4.78, 5) is 23.8. The summed E-state index contributed by atoms with van der Waals surface area (Å²) in [5, 5.41) is 2.95. The molecule has 34 heavy (non-hydrogen) atoms. The van der Waals surface area contributed by atoms with Crippen molar-refractivity contribution in [3.63, 3.8) is 0 Å².